The predicted octanol–water partition coefficient (Wildman–Crippen LogP) is 1.35. The van der Waals surface area contributed by atoms with Crippen LogP contribution in [0.5, 0.6) is 0 Å². The summed E-state index contributed by atoms with van der Waals surface area (Å²) < 4.78 is 0. The molecule has 0 aromatic rings. The van der Waals surface area contributed by atoms with Crippen molar-refractivity contribution in [3.8, 4) is 0 Å². The summed E-state index contributed by atoms with van der Waals surface area (Å²) in [4.78, 5) is 3.08. The summed E-state index contributed by atoms with van der Waals surface area (Å²) >= 11 is 0. The maximum Gasteiger partial charge on any atom is 3.00 e. The molecule has 0 aromatic carbocycles. The second kappa shape index (κ2) is 9.81. The topological polar surface area (TPSA) is 12.4 Å². The van der Waals surface area contributed by atoms with E-state index in [2.05, 4.69) is 11.7 Å². The van der Waals surface area contributed by atoms with E-state index in [9.17, 15) is 0 Å². The molecule has 0 atom stereocenters. The van der Waals surface area contributed by atoms with Gasteiger partial charge in [-0.05, 0) is 0 Å². The second-order valence-electron chi connectivity index (χ2n) is 0.770. The van der Waals surface area contributed by atoms with E-state index < -0.39 is 0 Å². The standard InChI is InChI=1S/C4H5N.CH3.Tm/c1-4(2)5-3;;/h1,3H,2H3;1H3;/q-2;-1;+3. The van der Waals surface area contributed by atoms with Crippen LogP contribution in [-0.2, 0) is 0 Å². The normalized spacial score (nSPS) is 4.71. The van der Waals surface area contributed by atoms with Crippen LogP contribution in [0.1, 0.15) is 6.92 Å². The van der Waals surface area contributed by atoms with E-state index in [1.807, 2.05) is 0 Å². The Morgan fingerprint density at radius 1 is 1.57 bits per heavy atom. The van der Waals surface area contributed by atoms with Gasteiger partial charge in [0, 0.05) is 0 Å². The fraction of sp³-hybridized carbons (Fsp3) is 0.200. The molecule has 0 N–H and O–H groups in total. The maximum atomic E-state index is 4.92. The predicted molar refractivity (Wildman–Crippen MR) is 28.4 cm³/mol. The van der Waals surface area contributed by atoms with Crippen molar-refractivity contribution < 1.29 is 36.9 Å². The summed E-state index contributed by atoms with van der Waals surface area (Å²) in [5.41, 5.74) is 0.407. The molecule has 0 aliphatic heterocycles. The van der Waals surface area contributed by atoms with Gasteiger partial charge in [0.25, 0.3) is 0 Å². The smallest absolute Gasteiger partial charge is 0.598 e. The van der Waals surface area contributed by atoms with Crippen LogP contribution in [0.25, 0.3) is 0 Å². The molecule has 0 amide bonds. The minimum absolute atomic E-state index is 0. The Labute approximate surface area is 74.7 Å². The molecule has 0 heterocycles. The van der Waals surface area contributed by atoms with Gasteiger partial charge in [-0.3, -0.25) is 0 Å². The maximum absolute atomic E-state index is 4.92. The molecule has 0 aliphatic rings. The minimum Gasteiger partial charge on any atom is -0.598 e. The van der Waals surface area contributed by atoms with Crippen molar-refractivity contribution in [2.45, 2.75) is 6.92 Å². The minimum atomic E-state index is 0. The van der Waals surface area contributed by atoms with E-state index in [0.29, 0.717) is 5.70 Å². The number of hydrogen-bond acceptors (Lipinski definition) is 1. The molecule has 0 aliphatic carbocycles. The first-order valence-electron chi connectivity index (χ1n) is 1.27. The molecular formula is C5H8NTm. The fourth-order valence-corrected chi connectivity index (χ4v) is 0. The molecule has 0 radical (unpaired) electrons. The molecule has 46 valence electrons. The van der Waals surface area contributed by atoms with E-state index in [1.54, 1.807) is 6.92 Å². The van der Waals surface area contributed by atoms with Gasteiger partial charge in [-0.25, -0.2) is 0 Å². The Kier molecular flexibility index (Phi) is 21.9. The van der Waals surface area contributed by atoms with Crippen molar-refractivity contribution in [1.29, 1.82) is 0 Å². The second-order valence-corrected chi connectivity index (χ2v) is 0.770. The average molecular weight is 251 g/mol. The van der Waals surface area contributed by atoms with Gasteiger partial charge in [-0.2, -0.15) is 6.72 Å². The van der Waals surface area contributed by atoms with Crippen molar-refractivity contribution in [3.05, 3.63) is 19.7 Å². The average Bonchev–Trinajstić information content (AvgIpc) is 1.38. The van der Waals surface area contributed by atoms with Gasteiger partial charge in [0.15, 0.2) is 0 Å². The van der Waals surface area contributed by atoms with Gasteiger partial charge in [0.05, 0.1) is 0 Å². The monoisotopic (exact) mass is 251 g/mol. The zero-order valence-corrected chi connectivity index (χ0v) is 6.16. The van der Waals surface area contributed by atoms with Crippen molar-refractivity contribution >= 4 is 6.72 Å². The first-order chi connectivity index (χ1) is 2.27. The van der Waals surface area contributed by atoms with Crippen LogP contribution in [0, 0.1) is 50.9 Å². The molecule has 7 heavy (non-hydrogen) atoms. The summed E-state index contributed by atoms with van der Waals surface area (Å²) in [6.07, 6.45) is 0. The Bertz CT molecular complexity index is 59.1. The molecule has 0 spiro atoms. The zero-order chi connectivity index (χ0) is 4.28. The third-order valence-corrected chi connectivity index (χ3v) is 0.204. The van der Waals surface area contributed by atoms with Crippen molar-refractivity contribution in [2.75, 3.05) is 0 Å². The molecule has 0 bridgehead atoms. The van der Waals surface area contributed by atoms with E-state index in [1.165, 1.54) is 0 Å². The molecular weight excluding hydrogens is 243 g/mol. The molecule has 0 aromatic heterocycles. The summed E-state index contributed by atoms with van der Waals surface area (Å²) in [6, 6.07) is 0. The van der Waals surface area contributed by atoms with E-state index >= 15 is 0 Å². The number of hydrogen-bond donors (Lipinski definition) is 0. The van der Waals surface area contributed by atoms with E-state index in [0.717, 1.165) is 0 Å². The largest absolute Gasteiger partial charge is 3.00 e. The van der Waals surface area contributed by atoms with Gasteiger partial charge in [0.1, 0.15) is 0 Å². The molecule has 0 saturated heterocycles. The first kappa shape index (κ1) is 15.6. The summed E-state index contributed by atoms with van der Waals surface area (Å²) in [5, 5.41) is 0. The molecule has 0 rings (SSSR count). The van der Waals surface area contributed by atoms with E-state index in [-0.39, 0.29) is 44.3 Å². The molecule has 0 saturated carbocycles. The zero-order valence-electron chi connectivity index (χ0n) is 4.38. The van der Waals surface area contributed by atoms with Gasteiger partial charge >= 0.3 is 36.9 Å². The summed E-state index contributed by atoms with van der Waals surface area (Å²) in [7, 11) is 0. The molecule has 0 unspecified atom stereocenters. The van der Waals surface area contributed by atoms with Crippen molar-refractivity contribution in [3.63, 3.8) is 0 Å². The quantitative estimate of drug-likeness (QED) is 0.492. The molecule has 1 nitrogen and oxygen atoms in total. The number of aliphatic imine (C=N–C) groups is 1. The summed E-state index contributed by atoms with van der Waals surface area (Å²) in [6.45, 7) is 11.2. The SMILES string of the molecule is [CH-]=NC(=[CH-])C.[CH3-].[Tm+3]. The first-order valence-corrected chi connectivity index (χ1v) is 1.27. The fourth-order valence-electron chi connectivity index (χ4n) is 0. The third kappa shape index (κ3) is 20.5. The van der Waals surface area contributed by atoms with Gasteiger partial charge in [-0.15, -0.1) is 6.92 Å². The van der Waals surface area contributed by atoms with E-state index in [4.69, 9.17) is 6.58 Å². The Morgan fingerprint density at radius 2 is 1.71 bits per heavy atom. The number of allylic oxidation sites excluding steroid dienone is 1. The van der Waals surface area contributed by atoms with Crippen molar-refractivity contribution in [1.82, 2.24) is 0 Å². The van der Waals surface area contributed by atoms with Crippen LogP contribution in [0.2, 0.25) is 0 Å². The van der Waals surface area contributed by atoms with Crippen LogP contribution >= 0.6 is 0 Å². The van der Waals surface area contributed by atoms with Gasteiger partial charge in [0.2, 0.25) is 0 Å². The van der Waals surface area contributed by atoms with Crippen LogP contribution in [0.15, 0.2) is 10.7 Å². The molecule has 0 fully saturated rings. The van der Waals surface area contributed by atoms with Crippen LogP contribution in [0.4, 0.5) is 0 Å². The van der Waals surface area contributed by atoms with Gasteiger partial charge < -0.3 is 24.7 Å². The summed E-state index contributed by atoms with van der Waals surface area (Å²) in [5.74, 6) is 0. The number of rotatable bonds is 1. The molecule has 2 heteroatoms. The van der Waals surface area contributed by atoms with Crippen LogP contribution < -0.4 is 0 Å². The van der Waals surface area contributed by atoms with Crippen LogP contribution in [0.3, 0.4) is 0 Å². The number of nitrogens with zero attached hydrogens (tertiary/aromatic N) is 1. The van der Waals surface area contributed by atoms with Crippen LogP contribution in [-0.4, -0.2) is 6.72 Å². The Hall–Kier alpha value is 0.644. The van der Waals surface area contributed by atoms with Crippen molar-refractivity contribution in [2.24, 2.45) is 4.99 Å². The third-order valence-electron chi connectivity index (χ3n) is 0.204. The van der Waals surface area contributed by atoms with Gasteiger partial charge in [-0.1, -0.05) is 0 Å². The Balaban J connectivity index is -0.0000000800. The Morgan fingerprint density at radius 3 is 1.71 bits per heavy atom.